The Balaban J connectivity index is 2.01. The molecule has 0 spiro atoms. The summed E-state index contributed by atoms with van der Waals surface area (Å²) in [6.45, 7) is 9.09. The van der Waals surface area contributed by atoms with E-state index in [1.807, 2.05) is 49.4 Å². The SMILES string of the molecule is CCN(CC)Cc1cc(C(C)=NNC(=O)CNc2ccccc2)ccc1OC. The number of hydrazone groups is 1. The number of hydrogen-bond acceptors (Lipinski definition) is 5. The van der Waals surface area contributed by atoms with Crippen LogP contribution in [0.25, 0.3) is 0 Å². The van der Waals surface area contributed by atoms with Gasteiger partial charge < -0.3 is 10.1 Å². The Kier molecular flexibility index (Phi) is 8.49. The van der Waals surface area contributed by atoms with Crippen LogP contribution in [-0.2, 0) is 11.3 Å². The van der Waals surface area contributed by atoms with Crippen LogP contribution in [0.3, 0.4) is 0 Å². The maximum absolute atomic E-state index is 12.0. The van der Waals surface area contributed by atoms with E-state index in [1.54, 1.807) is 7.11 Å². The number of anilines is 1. The van der Waals surface area contributed by atoms with Crippen LogP contribution >= 0.6 is 0 Å². The van der Waals surface area contributed by atoms with Crippen molar-refractivity contribution in [1.82, 2.24) is 10.3 Å². The minimum atomic E-state index is -0.194. The van der Waals surface area contributed by atoms with Crippen LogP contribution in [0, 0.1) is 0 Å². The molecular weight excluding hydrogens is 352 g/mol. The summed E-state index contributed by atoms with van der Waals surface area (Å²) in [5, 5.41) is 7.31. The third-order valence-electron chi connectivity index (χ3n) is 4.56. The summed E-state index contributed by atoms with van der Waals surface area (Å²) in [7, 11) is 1.68. The van der Waals surface area contributed by atoms with Gasteiger partial charge in [0.15, 0.2) is 0 Å². The van der Waals surface area contributed by atoms with E-state index in [-0.39, 0.29) is 12.5 Å². The van der Waals surface area contributed by atoms with E-state index < -0.39 is 0 Å². The first-order valence-corrected chi connectivity index (χ1v) is 9.59. The molecular formula is C22H30N4O2. The lowest BCUT2D eigenvalue weighted by molar-refractivity contribution is -0.119. The number of amides is 1. The number of ether oxygens (including phenoxy) is 1. The van der Waals surface area contributed by atoms with Gasteiger partial charge in [0.25, 0.3) is 5.91 Å². The van der Waals surface area contributed by atoms with Gasteiger partial charge in [0.1, 0.15) is 5.75 Å². The maximum Gasteiger partial charge on any atom is 0.259 e. The number of benzene rings is 2. The van der Waals surface area contributed by atoms with Gasteiger partial charge in [0, 0.05) is 17.8 Å². The van der Waals surface area contributed by atoms with E-state index >= 15 is 0 Å². The number of rotatable bonds is 10. The lowest BCUT2D eigenvalue weighted by atomic mass is 10.1. The lowest BCUT2D eigenvalue weighted by Crippen LogP contribution is -2.26. The number of para-hydroxylation sites is 1. The van der Waals surface area contributed by atoms with Crippen molar-refractivity contribution in [3.05, 3.63) is 59.7 Å². The molecule has 0 saturated carbocycles. The smallest absolute Gasteiger partial charge is 0.259 e. The largest absolute Gasteiger partial charge is 0.496 e. The molecule has 28 heavy (non-hydrogen) atoms. The molecule has 150 valence electrons. The highest BCUT2D eigenvalue weighted by molar-refractivity contribution is 5.99. The zero-order valence-electron chi connectivity index (χ0n) is 17.2. The molecule has 0 unspecified atom stereocenters. The second-order valence-corrected chi connectivity index (χ2v) is 6.44. The molecule has 2 rings (SSSR count). The summed E-state index contributed by atoms with van der Waals surface area (Å²) in [6, 6.07) is 15.6. The summed E-state index contributed by atoms with van der Waals surface area (Å²) in [5.41, 5.74) is 6.32. The van der Waals surface area contributed by atoms with Crippen LogP contribution in [0.5, 0.6) is 5.75 Å². The van der Waals surface area contributed by atoms with Crippen molar-refractivity contribution >= 4 is 17.3 Å². The van der Waals surface area contributed by atoms with Crippen LogP contribution in [0.15, 0.2) is 53.6 Å². The van der Waals surface area contributed by atoms with Gasteiger partial charge in [-0.25, -0.2) is 5.43 Å². The third kappa shape index (κ3) is 6.39. The highest BCUT2D eigenvalue weighted by atomic mass is 16.5. The molecule has 0 atom stereocenters. The Hall–Kier alpha value is -2.86. The monoisotopic (exact) mass is 382 g/mol. The van der Waals surface area contributed by atoms with Crippen LogP contribution in [0.1, 0.15) is 31.9 Å². The Labute approximate surface area is 167 Å². The topological polar surface area (TPSA) is 66.0 Å². The Bertz CT molecular complexity index is 786. The number of nitrogens with zero attached hydrogens (tertiary/aromatic N) is 2. The summed E-state index contributed by atoms with van der Waals surface area (Å²) >= 11 is 0. The van der Waals surface area contributed by atoms with Gasteiger partial charge in [0.2, 0.25) is 0 Å². The zero-order chi connectivity index (χ0) is 20.4. The molecule has 0 radical (unpaired) electrons. The van der Waals surface area contributed by atoms with E-state index in [2.05, 4.69) is 40.7 Å². The van der Waals surface area contributed by atoms with Gasteiger partial charge >= 0.3 is 0 Å². The van der Waals surface area contributed by atoms with Crippen molar-refractivity contribution < 1.29 is 9.53 Å². The molecule has 1 amide bonds. The zero-order valence-corrected chi connectivity index (χ0v) is 17.2. The lowest BCUT2D eigenvalue weighted by Gasteiger charge is -2.20. The Morgan fingerprint density at radius 3 is 2.46 bits per heavy atom. The number of hydrogen-bond donors (Lipinski definition) is 2. The molecule has 0 bridgehead atoms. The van der Waals surface area contributed by atoms with Crippen LogP contribution < -0.4 is 15.5 Å². The van der Waals surface area contributed by atoms with Gasteiger partial charge in [-0.1, -0.05) is 32.0 Å². The van der Waals surface area contributed by atoms with Crippen LogP contribution in [0.4, 0.5) is 5.69 Å². The first-order valence-electron chi connectivity index (χ1n) is 9.59. The fourth-order valence-electron chi connectivity index (χ4n) is 2.80. The number of nitrogens with one attached hydrogen (secondary N) is 2. The summed E-state index contributed by atoms with van der Waals surface area (Å²) < 4.78 is 5.50. The minimum Gasteiger partial charge on any atom is -0.496 e. The average Bonchev–Trinajstić information content (AvgIpc) is 2.74. The molecule has 0 heterocycles. The first kappa shape index (κ1) is 21.4. The van der Waals surface area contributed by atoms with Crippen molar-refractivity contribution in [2.75, 3.05) is 32.1 Å². The molecule has 0 fully saturated rings. The quantitative estimate of drug-likeness (QED) is 0.488. The van der Waals surface area contributed by atoms with Gasteiger partial charge in [0.05, 0.1) is 19.4 Å². The van der Waals surface area contributed by atoms with Gasteiger partial charge in [-0.2, -0.15) is 5.10 Å². The molecule has 6 heteroatoms. The maximum atomic E-state index is 12.0. The van der Waals surface area contributed by atoms with E-state index in [1.165, 1.54) is 0 Å². The van der Waals surface area contributed by atoms with Gasteiger partial charge in [-0.15, -0.1) is 0 Å². The summed E-state index contributed by atoms with van der Waals surface area (Å²) in [6.07, 6.45) is 0. The number of carbonyl (C=O) groups is 1. The fraction of sp³-hybridized carbons (Fsp3) is 0.364. The van der Waals surface area contributed by atoms with E-state index in [0.717, 1.165) is 47.9 Å². The third-order valence-corrected chi connectivity index (χ3v) is 4.56. The molecule has 0 aliphatic rings. The number of carbonyl (C=O) groups excluding carboxylic acids is 1. The fourth-order valence-corrected chi connectivity index (χ4v) is 2.80. The second kappa shape index (κ2) is 11.1. The summed E-state index contributed by atoms with van der Waals surface area (Å²) in [4.78, 5) is 14.4. The van der Waals surface area contributed by atoms with E-state index in [4.69, 9.17) is 4.74 Å². The summed E-state index contributed by atoms with van der Waals surface area (Å²) in [5.74, 6) is 0.666. The molecule has 0 aliphatic heterocycles. The van der Waals surface area contributed by atoms with Gasteiger partial charge in [-0.05, 0) is 55.9 Å². The predicted molar refractivity (Wildman–Crippen MR) is 115 cm³/mol. The Morgan fingerprint density at radius 1 is 1.11 bits per heavy atom. The number of methoxy groups -OCH3 is 1. The molecule has 6 nitrogen and oxygen atoms in total. The van der Waals surface area contributed by atoms with Crippen LogP contribution in [-0.4, -0.2) is 43.3 Å². The predicted octanol–water partition coefficient (Wildman–Crippen LogP) is 3.49. The van der Waals surface area contributed by atoms with Crippen molar-refractivity contribution in [2.45, 2.75) is 27.3 Å². The first-order chi connectivity index (χ1) is 13.6. The van der Waals surface area contributed by atoms with Crippen molar-refractivity contribution in [1.29, 1.82) is 0 Å². The molecule has 2 aromatic rings. The molecule has 0 aromatic heterocycles. The highest BCUT2D eigenvalue weighted by Crippen LogP contribution is 2.22. The van der Waals surface area contributed by atoms with Crippen molar-refractivity contribution in [3.63, 3.8) is 0 Å². The van der Waals surface area contributed by atoms with E-state index in [9.17, 15) is 4.79 Å². The minimum absolute atomic E-state index is 0.163. The highest BCUT2D eigenvalue weighted by Gasteiger charge is 2.10. The molecule has 0 saturated heterocycles. The normalized spacial score (nSPS) is 11.4. The average molecular weight is 383 g/mol. The van der Waals surface area contributed by atoms with Crippen LogP contribution in [0.2, 0.25) is 0 Å². The van der Waals surface area contributed by atoms with Gasteiger partial charge in [-0.3, -0.25) is 9.69 Å². The van der Waals surface area contributed by atoms with Crippen molar-refractivity contribution in [3.8, 4) is 5.75 Å². The van der Waals surface area contributed by atoms with E-state index in [0.29, 0.717) is 0 Å². The Morgan fingerprint density at radius 2 is 1.82 bits per heavy atom. The van der Waals surface area contributed by atoms with Crippen molar-refractivity contribution in [2.24, 2.45) is 5.10 Å². The molecule has 2 aromatic carbocycles. The molecule has 0 aliphatic carbocycles. The standard InChI is InChI=1S/C22H30N4O2/c1-5-26(6-2)16-19-14-18(12-13-21(19)28-4)17(3)24-25-22(27)15-23-20-10-8-7-9-11-20/h7-14,23H,5-6,15-16H2,1-4H3,(H,25,27). The second-order valence-electron chi connectivity index (χ2n) is 6.44. The molecule has 2 N–H and O–H groups in total.